The second kappa shape index (κ2) is 6.90. The molecule has 26 heavy (non-hydrogen) atoms. The lowest BCUT2D eigenvalue weighted by Crippen LogP contribution is -2.44. The molecule has 136 valence electrons. The number of ether oxygens (including phenoxy) is 1. The number of nitrogens with zero attached hydrogens (tertiary/aromatic N) is 2. The van der Waals surface area contributed by atoms with Gasteiger partial charge in [-0.2, -0.15) is 5.10 Å². The summed E-state index contributed by atoms with van der Waals surface area (Å²) in [4.78, 5) is 39.3. The van der Waals surface area contributed by atoms with Gasteiger partial charge in [0.2, 0.25) is 5.91 Å². The number of hydrazone groups is 1. The van der Waals surface area contributed by atoms with Gasteiger partial charge in [0.15, 0.2) is 5.71 Å². The number of imide groups is 1. The zero-order valence-corrected chi connectivity index (χ0v) is 14.4. The summed E-state index contributed by atoms with van der Waals surface area (Å²) < 4.78 is 5.29. The molecule has 3 aliphatic rings. The van der Waals surface area contributed by atoms with Crippen LogP contribution in [0.2, 0.25) is 0 Å². The molecule has 1 aliphatic carbocycles. The summed E-state index contributed by atoms with van der Waals surface area (Å²) in [5.41, 5.74) is 3.52. The lowest BCUT2D eigenvalue weighted by atomic mass is 9.94. The number of benzene rings is 1. The van der Waals surface area contributed by atoms with Gasteiger partial charge in [0.25, 0.3) is 5.91 Å². The van der Waals surface area contributed by atoms with Crippen LogP contribution < -0.4 is 5.43 Å². The first kappa shape index (κ1) is 16.8. The third-order valence-electron chi connectivity index (χ3n) is 5.32. The van der Waals surface area contributed by atoms with Gasteiger partial charge in [0, 0.05) is 6.04 Å². The van der Waals surface area contributed by atoms with E-state index in [4.69, 9.17) is 4.74 Å². The van der Waals surface area contributed by atoms with Crippen LogP contribution in [0.25, 0.3) is 0 Å². The lowest BCUT2D eigenvalue weighted by Gasteiger charge is -2.30. The van der Waals surface area contributed by atoms with Crippen molar-refractivity contribution in [2.45, 2.75) is 50.8 Å². The highest BCUT2D eigenvalue weighted by atomic mass is 16.5. The van der Waals surface area contributed by atoms with Gasteiger partial charge < -0.3 is 4.74 Å². The molecule has 0 radical (unpaired) electrons. The summed E-state index contributed by atoms with van der Waals surface area (Å²) in [6, 6.07) is 8.45. The zero-order valence-electron chi connectivity index (χ0n) is 14.4. The molecule has 4 rings (SSSR count). The fourth-order valence-electron chi connectivity index (χ4n) is 3.98. The van der Waals surface area contributed by atoms with Crippen LogP contribution in [0, 0.1) is 5.92 Å². The molecule has 7 nitrogen and oxygen atoms in total. The Morgan fingerprint density at radius 1 is 1.12 bits per heavy atom. The average molecular weight is 355 g/mol. The van der Waals surface area contributed by atoms with Crippen LogP contribution in [0.15, 0.2) is 35.4 Å². The second-order valence-corrected chi connectivity index (χ2v) is 6.98. The topological polar surface area (TPSA) is 88.1 Å². The van der Waals surface area contributed by atoms with Gasteiger partial charge in [-0.05, 0) is 18.4 Å². The predicted molar refractivity (Wildman–Crippen MR) is 92.8 cm³/mol. The van der Waals surface area contributed by atoms with Crippen molar-refractivity contribution in [3.05, 3.63) is 35.9 Å². The van der Waals surface area contributed by atoms with E-state index in [0.717, 1.165) is 37.7 Å². The Morgan fingerprint density at radius 2 is 1.85 bits per heavy atom. The summed E-state index contributed by atoms with van der Waals surface area (Å²) in [5.74, 6) is -2.12. The molecule has 0 unspecified atom stereocenters. The normalized spacial score (nSPS) is 25.7. The molecule has 2 fully saturated rings. The fraction of sp³-hybridized carbons (Fsp3) is 0.474. The maximum absolute atomic E-state index is 12.9. The number of nitrogens with one attached hydrogen (secondary N) is 1. The molecule has 2 heterocycles. The minimum absolute atomic E-state index is 0.00240. The number of carbonyl (C=O) groups is 3. The standard InChI is InChI=1S/C19H21N3O4/c23-17-14-15(18(24)22(17)13-9-5-2-6-10-13)20-21-16(14)19(25)26-11-12-7-3-1-4-8-12/h1,3-4,7-8,13-15,20H,2,5-6,9-11H2/t14-,15-/m0/s1. The number of fused-ring (bicyclic) bond motifs is 1. The molecule has 2 atom stereocenters. The second-order valence-electron chi connectivity index (χ2n) is 6.98. The van der Waals surface area contributed by atoms with E-state index in [1.165, 1.54) is 4.90 Å². The van der Waals surface area contributed by atoms with E-state index in [1.807, 2.05) is 30.3 Å². The lowest BCUT2D eigenvalue weighted by molar-refractivity contribution is -0.144. The van der Waals surface area contributed by atoms with E-state index in [2.05, 4.69) is 10.5 Å². The van der Waals surface area contributed by atoms with Crippen molar-refractivity contribution in [2.24, 2.45) is 11.0 Å². The largest absolute Gasteiger partial charge is 0.456 e. The van der Waals surface area contributed by atoms with Gasteiger partial charge in [-0.25, -0.2) is 4.79 Å². The van der Waals surface area contributed by atoms with Gasteiger partial charge in [-0.3, -0.25) is 19.9 Å². The van der Waals surface area contributed by atoms with Crippen LogP contribution in [0.1, 0.15) is 37.7 Å². The van der Waals surface area contributed by atoms with Crippen molar-refractivity contribution in [1.82, 2.24) is 10.3 Å². The summed E-state index contributed by atoms with van der Waals surface area (Å²) >= 11 is 0. The van der Waals surface area contributed by atoms with Crippen molar-refractivity contribution in [2.75, 3.05) is 0 Å². The Labute approximate surface area is 151 Å². The van der Waals surface area contributed by atoms with E-state index < -0.39 is 17.9 Å². The molecule has 1 saturated carbocycles. The summed E-state index contributed by atoms with van der Waals surface area (Å²) in [5, 5.41) is 3.94. The highest BCUT2D eigenvalue weighted by molar-refractivity contribution is 6.44. The monoisotopic (exact) mass is 355 g/mol. The van der Waals surface area contributed by atoms with Crippen LogP contribution in [-0.2, 0) is 25.7 Å². The molecular formula is C19H21N3O4. The SMILES string of the molecule is O=C(OCc1ccccc1)C1=NN[C@@H]2C(=O)N(C3CCCCC3)C(=O)[C@H]12. The van der Waals surface area contributed by atoms with E-state index in [1.54, 1.807) is 0 Å². The number of amides is 2. The number of hydrogen-bond donors (Lipinski definition) is 1. The Hall–Kier alpha value is -2.70. The number of carbonyl (C=O) groups excluding carboxylic acids is 3. The highest BCUT2D eigenvalue weighted by Crippen LogP contribution is 2.32. The smallest absolute Gasteiger partial charge is 0.355 e. The van der Waals surface area contributed by atoms with Crippen molar-refractivity contribution in [3.8, 4) is 0 Å². The van der Waals surface area contributed by atoms with E-state index in [-0.39, 0.29) is 30.2 Å². The third-order valence-corrected chi connectivity index (χ3v) is 5.32. The Kier molecular flexibility index (Phi) is 4.44. The van der Waals surface area contributed by atoms with Crippen LogP contribution in [0.5, 0.6) is 0 Å². The zero-order chi connectivity index (χ0) is 18.1. The molecule has 2 aliphatic heterocycles. The van der Waals surface area contributed by atoms with Crippen molar-refractivity contribution >= 4 is 23.5 Å². The minimum atomic E-state index is -0.868. The van der Waals surface area contributed by atoms with Gasteiger partial charge in [0.05, 0.1) is 0 Å². The molecule has 1 saturated heterocycles. The Bertz CT molecular complexity index is 755. The summed E-state index contributed by atoms with van der Waals surface area (Å²) in [6.07, 6.45) is 4.84. The Balaban J connectivity index is 1.45. The molecule has 0 bridgehead atoms. The predicted octanol–water partition coefficient (Wildman–Crippen LogP) is 1.38. The van der Waals surface area contributed by atoms with Crippen LogP contribution in [0.3, 0.4) is 0 Å². The van der Waals surface area contributed by atoms with Gasteiger partial charge in [-0.1, -0.05) is 49.6 Å². The first-order valence-electron chi connectivity index (χ1n) is 9.08. The van der Waals surface area contributed by atoms with E-state index >= 15 is 0 Å². The summed E-state index contributed by atoms with van der Waals surface area (Å²) in [6.45, 7) is 0.102. The number of rotatable bonds is 4. The molecule has 1 aromatic rings. The highest BCUT2D eigenvalue weighted by Gasteiger charge is 2.56. The van der Waals surface area contributed by atoms with Crippen molar-refractivity contribution < 1.29 is 19.1 Å². The molecular weight excluding hydrogens is 334 g/mol. The van der Waals surface area contributed by atoms with Crippen molar-refractivity contribution in [1.29, 1.82) is 0 Å². The first-order chi connectivity index (χ1) is 12.7. The first-order valence-corrected chi connectivity index (χ1v) is 9.08. The number of esters is 1. The Morgan fingerprint density at radius 3 is 2.58 bits per heavy atom. The summed E-state index contributed by atoms with van der Waals surface area (Å²) in [7, 11) is 0. The molecule has 0 spiro atoms. The fourth-order valence-corrected chi connectivity index (χ4v) is 3.98. The van der Waals surface area contributed by atoms with E-state index in [0.29, 0.717) is 0 Å². The number of likely N-dealkylation sites (tertiary alicyclic amines) is 1. The molecule has 7 heteroatoms. The molecule has 0 aromatic heterocycles. The molecule has 1 aromatic carbocycles. The van der Waals surface area contributed by atoms with Gasteiger partial charge in [0.1, 0.15) is 18.6 Å². The maximum Gasteiger partial charge on any atom is 0.355 e. The number of hydrogen-bond acceptors (Lipinski definition) is 6. The van der Waals surface area contributed by atoms with Crippen LogP contribution in [-0.4, -0.2) is 40.5 Å². The average Bonchev–Trinajstić information content (AvgIpc) is 3.22. The van der Waals surface area contributed by atoms with Crippen LogP contribution >= 0.6 is 0 Å². The van der Waals surface area contributed by atoms with Gasteiger partial charge in [-0.15, -0.1) is 0 Å². The molecule has 2 amide bonds. The van der Waals surface area contributed by atoms with E-state index in [9.17, 15) is 14.4 Å². The third kappa shape index (κ3) is 2.87. The maximum atomic E-state index is 12.9. The van der Waals surface area contributed by atoms with Crippen LogP contribution in [0.4, 0.5) is 0 Å². The molecule has 1 N–H and O–H groups in total. The van der Waals surface area contributed by atoms with Crippen molar-refractivity contribution in [3.63, 3.8) is 0 Å². The van der Waals surface area contributed by atoms with Gasteiger partial charge >= 0.3 is 5.97 Å². The quantitative estimate of drug-likeness (QED) is 0.651. The minimum Gasteiger partial charge on any atom is -0.456 e.